The Kier molecular flexibility index (Phi) is 8.26. The van der Waals surface area contributed by atoms with Crippen LogP contribution in [0.1, 0.15) is 58.1 Å². The second kappa shape index (κ2) is 9.92. The summed E-state index contributed by atoms with van der Waals surface area (Å²) < 4.78 is 11.0. The van der Waals surface area contributed by atoms with E-state index in [4.69, 9.17) is 9.47 Å². The SMILES string of the molecule is C=CC(c1cccc(CNC(=O)OC(C)(C)C)c1)C(C)O/C=C\CC. The number of benzene rings is 1. The second-order valence-electron chi connectivity index (χ2n) is 6.98. The van der Waals surface area contributed by atoms with Crippen molar-refractivity contribution in [2.45, 2.75) is 65.2 Å². The first-order chi connectivity index (χ1) is 11.8. The van der Waals surface area contributed by atoms with E-state index in [1.165, 1.54) is 0 Å². The molecule has 1 aromatic carbocycles. The van der Waals surface area contributed by atoms with E-state index < -0.39 is 11.7 Å². The smallest absolute Gasteiger partial charge is 0.407 e. The third kappa shape index (κ3) is 7.92. The number of alkyl carbamates (subject to hydrolysis) is 1. The number of carbonyl (C=O) groups is 1. The van der Waals surface area contributed by atoms with Gasteiger partial charge in [0.1, 0.15) is 11.7 Å². The van der Waals surface area contributed by atoms with Gasteiger partial charge >= 0.3 is 6.09 Å². The van der Waals surface area contributed by atoms with Crippen molar-refractivity contribution in [2.24, 2.45) is 0 Å². The van der Waals surface area contributed by atoms with Gasteiger partial charge in [-0.25, -0.2) is 4.79 Å². The number of nitrogens with one attached hydrogen (secondary N) is 1. The molecule has 138 valence electrons. The lowest BCUT2D eigenvalue weighted by atomic mass is 9.93. The minimum atomic E-state index is -0.501. The number of hydrogen-bond donors (Lipinski definition) is 1. The van der Waals surface area contributed by atoms with Gasteiger partial charge in [0.05, 0.1) is 6.26 Å². The number of amides is 1. The van der Waals surface area contributed by atoms with Crippen LogP contribution in [-0.2, 0) is 16.0 Å². The lowest BCUT2D eigenvalue weighted by Crippen LogP contribution is -2.32. The fourth-order valence-corrected chi connectivity index (χ4v) is 2.36. The Balaban J connectivity index is 2.73. The number of allylic oxidation sites excluding steroid dienone is 1. The topological polar surface area (TPSA) is 47.6 Å². The fourth-order valence-electron chi connectivity index (χ4n) is 2.36. The van der Waals surface area contributed by atoms with Crippen molar-refractivity contribution in [3.8, 4) is 0 Å². The molecule has 0 aliphatic carbocycles. The van der Waals surface area contributed by atoms with E-state index in [2.05, 4.69) is 24.9 Å². The van der Waals surface area contributed by atoms with Crippen molar-refractivity contribution >= 4 is 6.09 Å². The van der Waals surface area contributed by atoms with Crippen LogP contribution in [0.25, 0.3) is 0 Å². The lowest BCUT2D eigenvalue weighted by molar-refractivity contribution is 0.0523. The van der Waals surface area contributed by atoms with Gasteiger partial charge in [-0.3, -0.25) is 0 Å². The summed E-state index contributed by atoms with van der Waals surface area (Å²) in [5.74, 6) is 0.0722. The molecular formula is C21H31NO3. The van der Waals surface area contributed by atoms with Gasteiger partial charge in [0.2, 0.25) is 0 Å². The Labute approximate surface area is 151 Å². The summed E-state index contributed by atoms with van der Waals surface area (Å²) in [4.78, 5) is 11.8. The first kappa shape index (κ1) is 20.8. The normalized spacial score (nSPS) is 14.0. The molecule has 2 atom stereocenters. The summed E-state index contributed by atoms with van der Waals surface area (Å²) in [6, 6.07) is 8.07. The maximum absolute atomic E-state index is 11.8. The summed E-state index contributed by atoms with van der Waals surface area (Å²) in [5, 5.41) is 2.78. The number of rotatable bonds is 8. The highest BCUT2D eigenvalue weighted by molar-refractivity contribution is 5.67. The maximum atomic E-state index is 11.8. The standard InChI is InChI=1S/C21H31NO3/c1-7-9-13-24-16(3)19(8-2)18-12-10-11-17(14-18)15-22-20(23)25-21(4,5)6/h8-14,16,19H,2,7,15H2,1,3-6H3,(H,22,23)/b13-9-. The lowest BCUT2D eigenvalue weighted by Gasteiger charge is -2.22. The van der Waals surface area contributed by atoms with Crippen LogP contribution in [0.5, 0.6) is 0 Å². The Morgan fingerprint density at radius 2 is 2.08 bits per heavy atom. The van der Waals surface area contributed by atoms with Crippen LogP contribution in [0.4, 0.5) is 4.79 Å². The van der Waals surface area contributed by atoms with E-state index >= 15 is 0 Å². The third-order valence-electron chi connectivity index (χ3n) is 3.56. The molecule has 0 radical (unpaired) electrons. The number of hydrogen-bond acceptors (Lipinski definition) is 3. The third-order valence-corrected chi connectivity index (χ3v) is 3.56. The number of carbonyl (C=O) groups excluding carboxylic acids is 1. The molecule has 0 spiro atoms. The molecule has 25 heavy (non-hydrogen) atoms. The summed E-state index contributed by atoms with van der Waals surface area (Å²) in [6.07, 6.45) is 6.13. The van der Waals surface area contributed by atoms with Crippen molar-refractivity contribution in [2.75, 3.05) is 0 Å². The Bertz CT molecular complexity index is 587. The minimum Gasteiger partial charge on any atom is -0.498 e. The first-order valence-corrected chi connectivity index (χ1v) is 8.75. The highest BCUT2D eigenvalue weighted by Crippen LogP contribution is 2.24. The van der Waals surface area contributed by atoms with Crippen LogP contribution >= 0.6 is 0 Å². The summed E-state index contributed by atoms with van der Waals surface area (Å²) in [6.45, 7) is 14.0. The molecule has 0 aliphatic rings. The Morgan fingerprint density at radius 1 is 1.36 bits per heavy atom. The Morgan fingerprint density at radius 3 is 2.68 bits per heavy atom. The molecule has 0 fully saturated rings. The molecule has 1 amide bonds. The summed E-state index contributed by atoms with van der Waals surface area (Å²) >= 11 is 0. The van der Waals surface area contributed by atoms with Gasteiger partial charge in [0.25, 0.3) is 0 Å². The van der Waals surface area contributed by atoms with Crippen LogP contribution < -0.4 is 5.32 Å². The zero-order valence-corrected chi connectivity index (χ0v) is 16.0. The number of ether oxygens (including phenoxy) is 2. The van der Waals surface area contributed by atoms with Gasteiger partial charge in [-0.15, -0.1) is 6.58 Å². The summed E-state index contributed by atoms with van der Waals surface area (Å²) in [5.41, 5.74) is 1.61. The second-order valence-corrected chi connectivity index (χ2v) is 6.98. The predicted molar refractivity (Wildman–Crippen MR) is 102 cm³/mol. The molecule has 4 heteroatoms. The molecule has 0 bridgehead atoms. The molecule has 1 aromatic rings. The molecule has 0 saturated heterocycles. The highest BCUT2D eigenvalue weighted by atomic mass is 16.6. The van der Waals surface area contributed by atoms with Crippen LogP contribution in [0, 0.1) is 0 Å². The predicted octanol–water partition coefficient (Wildman–Crippen LogP) is 5.31. The van der Waals surface area contributed by atoms with Crippen LogP contribution in [0.15, 0.2) is 49.3 Å². The van der Waals surface area contributed by atoms with Crippen molar-refractivity contribution in [1.29, 1.82) is 0 Å². The molecular weight excluding hydrogens is 314 g/mol. The van der Waals surface area contributed by atoms with E-state index in [-0.39, 0.29) is 12.0 Å². The van der Waals surface area contributed by atoms with Crippen LogP contribution in [-0.4, -0.2) is 17.8 Å². The maximum Gasteiger partial charge on any atom is 0.407 e. The van der Waals surface area contributed by atoms with Crippen molar-refractivity contribution in [3.63, 3.8) is 0 Å². The van der Waals surface area contributed by atoms with E-state index in [0.29, 0.717) is 6.54 Å². The van der Waals surface area contributed by atoms with Crippen molar-refractivity contribution in [3.05, 3.63) is 60.4 Å². The average molecular weight is 345 g/mol. The van der Waals surface area contributed by atoms with E-state index in [1.54, 1.807) is 6.26 Å². The highest BCUT2D eigenvalue weighted by Gasteiger charge is 2.18. The molecule has 0 aromatic heterocycles. The van der Waals surface area contributed by atoms with Gasteiger partial charge in [0.15, 0.2) is 0 Å². The quantitative estimate of drug-likeness (QED) is 0.513. The zero-order valence-electron chi connectivity index (χ0n) is 16.0. The van der Waals surface area contributed by atoms with E-state index in [1.807, 2.05) is 58.0 Å². The molecule has 0 aliphatic heterocycles. The largest absolute Gasteiger partial charge is 0.498 e. The van der Waals surface area contributed by atoms with Gasteiger partial charge in [-0.2, -0.15) is 0 Å². The Hall–Kier alpha value is -2.23. The molecule has 0 saturated carbocycles. The molecule has 1 N–H and O–H groups in total. The fraction of sp³-hybridized carbons (Fsp3) is 0.476. The molecule has 0 heterocycles. The van der Waals surface area contributed by atoms with Crippen LogP contribution in [0.2, 0.25) is 0 Å². The monoisotopic (exact) mass is 345 g/mol. The van der Waals surface area contributed by atoms with Gasteiger partial charge < -0.3 is 14.8 Å². The molecule has 2 unspecified atom stereocenters. The minimum absolute atomic E-state index is 0.0191. The first-order valence-electron chi connectivity index (χ1n) is 8.75. The van der Waals surface area contributed by atoms with E-state index in [0.717, 1.165) is 17.5 Å². The summed E-state index contributed by atoms with van der Waals surface area (Å²) in [7, 11) is 0. The van der Waals surface area contributed by atoms with Crippen LogP contribution in [0.3, 0.4) is 0 Å². The van der Waals surface area contributed by atoms with Crippen molar-refractivity contribution in [1.82, 2.24) is 5.32 Å². The zero-order chi connectivity index (χ0) is 18.9. The van der Waals surface area contributed by atoms with Gasteiger partial charge in [0, 0.05) is 12.5 Å². The van der Waals surface area contributed by atoms with E-state index in [9.17, 15) is 4.79 Å². The average Bonchev–Trinajstić information content (AvgIpc) is 2.53. The van der Waals surface area contributed by atoms with Gasteiger partial charge in [-0.1, -0.05) is 43.3 Å². The van der Waals surface area contributed by atoms with Crippen molar-refractivity contribution < 1.29 is 14.3 Å². The molecule has 1 rings (SSSR count). The van der Waals surface area contributed by atoms with Gasteiger partial charge in [-0.05, 0) is 45.2 Å². The molecule has 4 nitrogen and oxygen atoms in total.